The Morgan fingerprint density at radius 1 is 1.26 bits per heavy atom. The van der Waals surface area contributed by atoms with Gasteiger partial charge in [-0.3, -0.25) is 0 Å². The third kappa shape index (κ3) is 2.17. The fraction of sp³-hybridized carbons (Fsp3) is 0.154. The van der Waals surface area contributed by atoms with Crippen LogP contribution in [0, 0.1) is 12.7 Å². The highest BCUT2D eigenvalue weighted by Gasteiger charge is 2.11. The van der Waals surface area contributed by atoms with Gasteiger partial charge in [0.1, 0.15) is 17.2 Å². The summed E-state index contributed by atoms with van der Waals surface area (Å²) in [5.41, 5.74) is 1.72. The second kappa shape index (κ2) is 4.59. The Labute approximate surface area is 113 Å². The zero-order valence-corrected chi connectivity index (χ0v) is 10.9. The fourth-order valence-corrected chi connectivity index (χ4v) is 2.19. The highest BCUT2D eigenvalue weighted by atomic mass is 35.5. The maximum Gasteiger partial charge on any atom is 0.165 e. The van der Waals surface area contributed by atoms with Crippen molar-refractivity contribution in [2.75, 3.05) is 0 Å². The molecule has 0 amide bonds. The van der Waals surface area contributed by atoms with Crippen molar-refractivity contribution in [2.24, 2.45) is 0 Å². The summed E-state index contributed by atoms with van der Waals surface area (Å²) in [7, 11) is 0. The SMILES string of the molecule is Cc1nc(Cl)c2ncn(Cc3ccccc3F)c2n1. The number of aromatic nitrogens is 4. The largest absolute Gasteiger partial charge is 0.311 e. The molecule has 3 aromatic rings. The first kappa shape index (κ1) is 12.0. The van der Waals surface area contributed by atoms with Crippen molar-refractivity contribution in [1.82, 2.24) is 19.5 Å². The number of fused-ring (bicyclic) bond motifs is 1. The van der Waals surface area contributed by atoms with E-state index in [0.717, 1.165) is 0 Å². The van der Waals surface area contributed by atoms with Crippen molar-refractivity contribution < 1.29 is 4.39 Å². The molecular weight excluding hydrogens is 267 g/mol. The summed E-state index contributed by atoms with van der Waals surface area (Å²) in [4.78, 5) is 12.5. The van der Waals surface area contributed by atoms with Crippen LogP contribution < -0.4 is 0 Å². The van der Waals surface area contributed by atoms with Crippen LogP contribution >= 0.6 is 11.6 Å². The molecule has 0 unspecified atom stereocenters. The number of hydrogen-bond donors (Lipinski definition) is 0. The molecule has 96 valence electrons. The Balaban J connectivity index is 2.09. The molecule has 3 rings (SSSR count). The molecule has 0 spiro atoms. The van der Waals surface area contributed by atoms with Gasteiger partial charge in [0.05, 0.1) is 12.9 Å². The Hall–Kier alpha value is -2.01. The number of halogens is 2. The molecule has 0 saturated heterocycles. The third-order valence-corrected chi connectivity index (χ3v) is 3.10. The maximum absolute atomic E-state index is 13.6. The third-order valence-electron chi connectivity index (χ3n) is 2.83. The van der Waals surface area contributed by atoms with Gasteiger partial charge in [-0.1, -0.05) is 29.8 Å². The van der Waals surface area contributed by atoms with E-state index >= 15 is 0 Å². The number of nitrogens with zero attached hydrogens (tertiary/aromatic N) is 4. The van der Waals surface area contributed by atoms with E-state index < -0.39 is 0 Å². The first-order valence-electron chi connectivity index (χ1n) is 5.73. The lowest BCUT2D eigenvalue weighted by Gasteiger charge is -2.05. The molecule has 19 heavy (non-hydrogen) atoms. The number of benzene rings is 1. The van der Waals surface area contributed by atoms with Gasteiger partial charge < -0.3 is 4.57 Å². The van der Waals surface area contributed by atoms with E-state index in [1.165, 1.54) is 6.07 Å². The Kier molecular flexibility index (Phi) is 2.91. The molecule has 0 aliphatic carbocycles. The summed E-state index contributed by atoms with van der Waals surface area (Å²) in [6.45, 7) is 2.11. The van der Waals surface area contributed by atoms with E-state index in [9.17, 15) is 4.39 Å². The molecular formula is C13H10ClFN4. The molecule has 0 aliphatic heterocycles. The Morgan fingerprint density at radius 2 is 2.05 bits per heavy atom. The minimum atomic E-state index is -0.249. The van der Waals surface area contributed by atoms with Gasteiger partial charge >= 0.3 is 0 Å². The van der Waals surface area contributed by atoms with Crippen molar-refractivity contribution in [3.05, 3.63) is 53.0 Å². The number of imidazole rings is 1. The van der Waals surface area contributed by atoms with Gasteiger partial charge in [0.25, 0.3) is 0 Å². The zero-order chi connectivity index (χ0) is 13.4. The van der Waals surface area contributed by atoms with E-state index in [-0.39, 0.29) is 5.82 Å². The molecule has 2 aromatic heterocycles. The van der Waals surface area contributed by atoms with Crippen LogP contribution in [0.5, 0.6) is 0 Å². The van der Waals surface area contributed by atoms with Crippen LogP contribution in [0.1, 0.15) is 11.4 Å². The second-order valence-corrected chi connectivity index (χ2v) is 4.56. The lowest BCUT2D eigenvalue weighted by atomic mass is 10.2. The van der Waals surface area contributed by atoms with Gasteiger partial charge in [-0.2, -0.15) is 0 Å². The van der Waals surface area contributed by atoms with Crippen LogP contribution in [-0.4, -0.2) is 19.5 Å². The van der Waals surface area contributed by atoms with E-state index in [4.69, 9.17) is 11.6 Å². The van der Waals surface area contributed by atoms with Crippen LogP contribution in [0.25, 0.3) is 11.2 Å². The van der Waals surface area contributed by atoms with Crippen LogP contribution in [0.4, 0.5) is 4.39 Å². The van der Waals surface area contributed by atoms with E-state index in [1.54, 1.807) is 36.0 Å². The topological polar surface area (TPSA) is 43.6 Å². The van der Waals surface area contributed by atoms with Gasteiger partial charge in [-0.05, 0) is 13.0 Å². The lowest BCUT2D eigenvalue weighted by molar-refractivity contribution is 0.601. The monoisotopic (exact) mass is 276 g/mol. The van der Waals surface area contributed by atoms with Crippen molar-refractivity contribution in [1.29, 1.82) is 0 Å². The average molecular weight is 277 g/mol. The van der Waals surface area contributed by atoms with Crippen LogP contribution in [0.3, 0.4) is 0 Å². The summed E-state index contributed by atoms with van der Waals surface area (Å²) >= 11 is 6.01. The Morgan fingerprint density at radius 3 is 2.84 bits per heavy atom. The minimum Gasteiger partial charge on any atom is -0.311 e. The molecule has 0 bridgehead atoms. The molecule has 2 heterocycles. The first-order chi connectivity index (χ1) is 9.15. The minimum absolute atomic E-state index is 0.249. The summed E-state index contributed by atoms with van der Waals surface area (Å²) < 4.78 is 15.4. The highest BCUT2D eigenvalue weighted by Crippen LogP contribution is 2.20. The first-order valence-corrected chi connectivity index (χ1v) is 6.11. The molecule has 0 N–H and O–H groups in total. The van der Waals surface area contributed by atoms with Gasteiger partial charge in [0.15, 0.2) is 10.8 Å². The van der Waals surface area contributed by atoms with Crippen molar-refractivity contribution in [2.45, 2.75) is 13.5 Å². The quantitative estimate of drug-likeness (QED) is 0.676. The second-order valence-electron chi connectivity index (χ2n) is 4.20. The van der Waals surface area contributed by atoms with Gasteiger partial charge in [0.2, 0.25) is 0 Å². The molecule has 6 heteroatoms. The standard InChI is InChI=1S/C13H10ClFN4/c1-8-17-12(14)11-13(18-8)19(7-16-11)6-9-4-2-3-5-10(9)15/h2-5,7H,6H2,1H3. The van der Waals surface area contributed by atoms with E-state index in [1.807, 2.05) is 0 Å². The van der Waals surface area contributed by atoms with E-state index in [0.29, 0.717) is 34.2 Å². The van der Waals surface area contributed by atoms with E-state index in [2.05, 4.69) is 15.0 Å². The molecule has 1 aromatic carbocycles. The fourth-order valence-electron chi connectivity index (χ4n) is 1.94. The average Bonchev–Trinajstić information content (AvgIpc) is 2.76. The molecule has 0 saturated carbocycles. The molecule has 0 atom stereocenters. The van der Waals surface area contributed by atoms with Crippen molar-refractivity contribution in [3.8, 4) is 0 Å². The molecule has 0 aliphatic rings. The molecule has 0 radical (unpaired) electrons. The molecule has 0 fully saturated rings. The van der Waals surface area contributed by atoms with Gasteiger partial charge in [-0.25, -0.2) is 19.3 Å². The van der Waals surface area contributed by atoms with Gasteiger partial charge in [0, 0.05) is 5.56 Å². The van der Waals surface area contributed by atoms with Crippen molar-refractivity contribution >= 4 is 22.8 Å². The summed E-state index contributed by atoms with van der Waals surface area (Å²) in [6.07, 6.45) is 1.59. The molecule has 4 nitrogen and oxygen atoms in total. The van der Waals surface area contributed by atoms with Crippen LogP contribution in [0.15, 0.2) is 30.6 Å². The summed E-state index contributed by atoms with van der Waals surface area (Å²) in [5, 5.41) is 0.315. The van der Waals surface area contributed by atoms with Crippen LogP contribution in [0.2, 0.25) is 5.15 Å². The van der Waals surface area contributed by atoms with Crippen LogP contribution in [-0.2, 0) is 6.54 Å². The predicted octanol–water partition coefficient (Wildman–Crippen LogP) is 2.98. The maximum atomic E-state index is 13.6. The lowest BCUT2D eigenvalue weighted by Crippen LogP contribution is -2.02. The number of rotatable bonds is 2. The number of aryl methyl sites for hydroxylation is 1. The van der Waals surface area contributed by atoms with Crippen molar-refractivity contribution in [3.63, 3.8) is 0 Å². The summed E-state index contributed by atoms with van der Waals surface area (Å²) in [5.74, 6) is 0.314. The number of hydrogen-bond acceptors (Lipinski definition) is 3. The predicted molar refractivity (Wildman–Crippen MR) is 70.6 cm³/mol. The van der Waals surface area contributed by atoms with Gasteiger partial charge in [-0.15, -0.1) is 0 Å². The summed E-state index contributed by atoms with van der Waals surface area (Å²) in [6, 6.07) is 6.62. The normalized spacial score (nSPS) is 11.1. The highest BCUT2D eigenvalue weighted by molar-refractivity contribution is 6.33. The zero-order valence-electron chi connectivity index (χ0n) is 10.1. The smallest absolute Gasteiger partial charge is 0.165 e. The Bertz CT molecular complexity index is 753.